The van der Waals surface area contributed by atoms with Crippen LogP contribution in [0.25, 0.3) is 11.1 Å². The van der Waals surface area contributed by atoms with Gasteiger partial charge in [0.15, 0.2) is 17.9 Å². The SMILES string of the molecule is CC1COC(C2CCC(C3CCC(C(F)(F)Oc4ccc(-c5ccc(F)c(F)c5)cc4)CC3)CC2)OC1. The van der Waals surface area contributed by atoms with E-state index in [0.717, 1.165) is 63.9 Å². The highest BCUT2D eigenvalue weighted by molar-refractivity contribution is 5.64. The quantitative estimate of drug-likeness (QED) is 0.359. The third kappa shape index (κ3) is 6.31. The zero-order chi connectivity index (χ0) is 26.0. The minimum atomic E-state index is -3.25. The largest absolute Gasteiger partial charge is 0.432 e. The Hall–Kier alpha value is -2.12. The van der Waals surface area contributed by atoms with Crippen molar-refractivity contribution in [3.8, 4) is 16.9 Å². The first kappa shape index (κ1) is 26.5. The average Bonchev–Trinajstić information content (AvgIpc) is 2.91. The average molecular weight is 521 g/mol. The third-order valence-corrected chi connectivity index (χ3v) is 8.57. The lowest BCUT2D eigenvalue weighted by Gasteiger charge is -2.41. The fourth-order valence-electron chi connectivity index (χ4n) is 6.33. The van der Waals surface area contributed by atoms with Crippen LogP contribution in [0.4, 0.5) is 17.6 Å². The van der Waals surface area contributed by atoms with Gasteiger partial charge in [0.05, 0.1) is 19.1 Å². The standard InChI is InChI=1S/C30H36F4O3/c1-19-17-35-29(36-18-19)23-4-2-20(3-5-23)21-6-11-25(12-7-21)30(33,34)37-26-13-8-22(9-14-26)24-10-15-27(31)28(32)16-24/h8-10,13-16,19-21,23,25,29H,2-7,11-12,17-18H2,1H3. The number of hydrogen-bond donors (Lipinski definition) is 0. The summed E-state index contributed by atoms with van der Waals surface area (Å²) in [7, 11) is 0. The van der Waals surface area contributed by atoms with E-state index in [1.807, 2.05) is 0 Å². The molecule has 3 aliphatic rings. The molecule has 0 atom stereocenters. The van der Waals surface area contributed by atoms with E-state index in [-0.39, 0.29) is 12.0 Å². The molecule has 0 radical (unpaired) electrons. The maximum atomic E-state index is 15.0. The second kappa shape index (κ2) is 11.3. The number of halogens is 4. The third-order valence-electron chi connectivity index (χ3n) is 8.57. The smallest absolute Gasteiger partial charge is 0.400 e. The van der Waals surface area contributed by atoms with Gasteiger partial charge in [0.2, 0.25) is 0 Å². The molecule has 0 bridgehead atoms. The molecule has 0 aromatic heterocycles. The predicted molar refractivity (Wildman–Crippen MR) is 133 cm³/mol. The minimum absolute atomic E-state index is 0.0679. The summed E-state index contributed by atoms with van der Waals surface area (Å²) in [5.41, 5.74) is 1.07. The van der Waals surface area contributed by atoms with Crippen molar-refractivity contribution in [2.75, 3.05) is 13.2 Å². The Balaban J connectivity index is 1.09. The van der Waals surface area contributed by atoms with Crippen LogP contribution in [0.1, 0.15) is 58.3 Å². The molecule has 3 nitrogen and oxygen atoms in total. The van der Waals surface area contributed by atoms with Crippen LogP contribution in [0.5, 0.6) is 5.75 Å². The van der Waals surface area contributed by atoms with Crippen molar-refractivity contribution in [2.45, 2.75) is 70.7 Å². The summed E-state index contributed by atoms with van der Waals surface area (Å²) in [4.78, 5) is 0. The Morgan fingerprint density at radius 3 is 1.84 bits per heavy atom. The van der Waals surface area contributed by atoms with E-state index in [4.69, 9.17) is 14.2 Å². The van der Waals surface area contributed by atoms with E-state index in [2.05, 4.69) is 6.92 Å². The van der Waals surface area contributed by atoms with Gasteiger partial charge in [0, 0.05) is 11.8 Å². The molecule has 0 N–H and O–H groups in total. The van der Waals surface area contributed by atoms with Crippen molar-refractivity contribution < 1.29 is 31.8 Å². The molecule has 2 aliphatic carbocycles. The topological polar surface area (TPSA) is 27.7 Å². The van der Waals surface area contributed by atoms with Crippen molar-refractivity contribution in [2.24, 2.45) is 29.6 Å². The lowest BCUT2D eigenvalue weighted by molar-refractivity contribution is -0.229. The summed E-state index contributed by atoms with van der Waals surface area (Å²) >= 11 is 0. The molecule has 1 heterocycles. The normalized spacial score (nSPS) is 31.2. The number of alkyl halides is 2. The van der Waals surface area contributed by atoms with Crippen molar-refractivity contribution in [3.63, 3.8) is 0 Å². The van der Waals surface area contributed by atoms with Crippen LogP contribution in [-0.2, 0) is 9.47 Å². The van der Waals surface area contributed by atoms with E-state index < -0.39 is 23.7 Å². The van der Waals surface area contributed by atoms with Crippen LogP contribution in [0.2, 0.25) is 0 Å². The summed E-state index contributed by atoms with van der Waals surface area (Å²) in [6, 6.07) is 9.65. The molecule has 1 aliphatic heterocycles. The zero-order valence-electron chi connectivity index (χ0n) is 21.3. The van der Waals surface area contributed by atoms with Crippen molar-refractivity contribution >= 4 is 0 Å². The first-order valence-corrected chi connectivity index (χ1v) is 13.6. The number of ether oxygens (including phenoxy) is 3. The van der Waals surface area contributed by atoms with Gasteiger partial charge in [0.25, 0.3) is 0 Å². The van der Waals surface area contributed by atoms with Gasteiger partial charge >= 0.3 is 6.11 Å². The van der Waals surface area contributed by atoms with Crippen LogP contribution in [0.15, 0.2) is 42.5 Å². The molecule has 3 fully saturated rings. The molecule has 7 heteroatoms. The summed E-state index contributed by atoms with van der Waals surface area (Å²) in [5, 5.41) is 0. The summed E-state index contributed by atoms with van der Waals surface area (Å²) in [6.07, 6.45) is 3.62. The van der Waals surface area contributed by atoms with Crippen molar-refractivity contribution in [1.29, 1.82) is 0 Å². The molecular formula is C30H36F4O3. The van der Waals surface area contributed by atoms with E-state index in [0.29, 0.717) is 47.6 Å². The van der Waals surface area contributed by atoms with Crippen LogP contribution >= 0.6 is 0 Å². The lowest BCUT2D eigenvalue weighted by Crippen LogP contribution is -2.40. The minimum Gasteiger partial charge on any atom is -0.432 e. The van der Waals surface area contributed by atoms with Gasteiger partial charge in [-0.25, -0.2) is 8.78 Å². The Bertz CT molecular complexity index is 1020. The van der Waals surface area contributed by atoms with Gasteiger partial charge in [-0.2, -0.15) is 8.78 Å². The van der Waals surface area contributed by atoms with Crippen molar-refractivity contribution in [3.05, 3.63) is 54.1 Å². The molecule has 37 heavy (non-hydrogen) atoms. The fourth-order valence-corrected chi connectivity index (χ4v) is 6.33. The molecule has 202 valence electrons. The number of rotatable bonds is 6. The molecule has 0 unspecified atom stereocenters. The highest BCUT2D eigenvalue weighted by Gasteiger charge is 2.45. The Morgan fingerprint density at radius 2 is 1.24 bits per heavy atom. The second-order valence-corrected chi connectivity index (χ2v) is 11.2. The van der Waals surface area contributed by atoms with Crippen LogP contribution in [-0.4, -0.2) is 25.6 Å². The molecule has 2 aromatic carbocycles. The first-order valence-electron chi connectivity index (χ1n) is 13.6. The number of benzene rings is 2. The van der Waals surface area contributed by atoms with Gasteiger partial charge in [-0.15, -0.1) is 0 Å². The molecule has 0 spiro atoms. The molecule has 2 saturated carbocycles. The van der Waals surface area contributed by atoms with Gasteiger partial charge in [-0.05, 0) is 98.6 Å². The summed E-state index contributed by atoms with van der Waals surface area (Å²) < 4.78 is 73.7. The predicted octanol–water partition coefficient (Wildman–Crippen LogP) is 8.23. The van der Waals surface area contributed by atoms with Gasteiger partial charge in [0.1, 0.15) is 5.75 Å². The van der Waals surface area contributed by atoms with E-state index in [1.54, 1.807) is 12.1 Å². The van der Waals surface area contributed by atoms with E-state index in [1.165, 1.54) is 18.2 Å². The summed E-state index contributed by atoms with van der Waals surface area (Å²) in [6.45, 7) is 3.67. The number of hydrogen-bond acceptors (Lipinski definition) is 3. The molecule has 1 saturated heterocycles. The van der Waals surface area contributed by atoms with E-state index >= 15 is 8.78 Å². The van der Waals surface area contributed by atoms with Crippen LogP contribution in [0, 0.1) is 41.2 Å². The first-order chi connectivity index (χ1) is 17.8. The molecular weight excluding hydrogens is 484 g/mol. The molecule has 0 amide bonds. The maximum Gasteiger partial charge on any atom is 0.400 e. The zero-order valence-corrected chi connectivity index (χ0v) is 21.3. The van der Waals surface area contributed by atoms with Gasteiger partial charge in [-0.3, -0.25) is 0 Å². The summed E-state index contributed by atoms with van der Waals surface area (Å²) in [5.74, 6) is -0.619. The lowest BCUT2D eigenvalue weighted by atomic mass is 9.69. The molecule has 2 aromatic rings. The van der Waals surface area contributed by atoms with Crippen LogP contribution in [0.3, 0.4) is 0 Å². The van der Waals surface area contributed by atoms with Gasteiger partial charge in [-0.1, -0.05) is 25.1 Å². The van der Waals surface area contributed by atoms with E-state index in [9.17, 15) is 8.78 Å². The maximum absolute atomic E-state index is 15.0. The Kier molecular flexibility index (Phi) is 8.10. The Labute approximate surface area is 216 Å². The highest BCUT2D eigenvalue weighted by atomic mass is 19.3. The highest BCUT2D eigenvalue weighted by Crippen LogP contribution is 2.46. The Morgan fingerprint density at radius 1 is 0.703 bits per heavy atom. The second-order valence-electron chi connectivity index (χ2n) is 11.2. The van der Waals surface area contributed by atoms with Crippen LogP contribution < -0.4 is 4.74 Å². The fraction of sp³-hybridized carbons (Fsp3) is 0.600. The monoisotopic (exact) mass is 520 g/mol. The molecule has 5 rings (SSSR count). The van der Waals surface area contributed by atoms with Gasteiger partial charge < -0.3 is 14.2 Å². The van der Waals surface area contributed by atoms with Crippen molar-refractivity contribution in [1.82, 2.24) is 0 Å².